The van der Waals surface area contributed by atoms with Gasteiger partial charge in [0.2, 0.25) is 11.1 Å². The topological polar surface area (TPSA) is 75.6 Å². The van der Waals surface area contributed by atoms with Crippen molar-refractivity contribution in [2.75, 3.05) is 0 Å². The molecule has 0 radical (unpaired) electrons. The number of carbonyl (C=O) groups excluding carboxylic acids is 2. The molecule has 10 heteroatoms. The Kier molecular flexibility index (Phi) is 5.66. The maximum absolute atomic E-state index is 12.8. The predicted octanol–water partition coefficient (Wildman–Crippen LogP) is 3.34. The van der Waals surface area contributed by atoms with Gasteiger partial charge in [0.1, 0.15) is 16.0 Å². The summed E-state index contributed by atoms with van der Waals surface area (Å²) in [6.45, 7) is 0. The van der Waals surface area contributed by atoms with E-state index in [2.05, 4.69) is 10.3 Å². The quantitative estimate of drug-likeness (QED) is 0.814. The number of carbonyl (C=O) groups is 2. The first kappa shape index (κ1) is 20.2. The number of amidine groups is 1. The molecule has 0 aliphatic carbocycles. The second kappa shape index (κ2) is 7.84. The number of hydrogen-bond acceptors (Lipinski definition) is 3. The monoisotopic (exact) mass is 428 g/mol. The molecule has 0 saturated carbocycles. The predicted molar refractivity (Wildman–Crippen MR) is 98.4 cm³/mol. The molecule has 0 bridgehead atoms. The van der Waals surface area contributed by atoms with E-state index in [0.717, 1.165) is 12.1 Å². The normalized spacial score (nSPS) is 21.0. The third-order valence-electron chi connectivity index (χ3n) is 3.94. The van der Waals surface area contributed by atoms with Crippen molar-refractivity contribution in [1.82, 2.24) is 5.32 Å². The van der Waals surface area contributed by atoms with Gasteiger partial charge in [0.15, 0.2) is 0 Å². The molecule has 1 heterocycles. The van der Waals surface area contributed by atoms with Gasteiger partial charge in [0, 0.05) is 10.6 Å². The van der Waals surface area contributed by atoms with Crippen molar-refractivity contribution < 1.29 is 27.0 Å². The number of rotatable bonds is 3. The molecule has 1 fully saturated rings. The Labute approximate surface area is 165 Å². The Morgan fingerprint density at radius 1 is 1.18 bits per heavy atom. The highest BCUT2D eigenvalue weighted by molar-refractivity contribution is 8.02. The molecule has 1 aliphatic rings. The van der Waals surface area contributed by atoms with E-state index in [9.17, 15) is 27.0 Å². The van der Waals surface area contributed by atoms with E-state index in [1.807, 2.05) is 0 Å². The van der Waals surface area contributed by atoms with E-state index in [1.165, 1.54) is 36.4 Å². The molecule has 2 unspecified atom stereocenters. The average molecular weight is 429 g/mol. The first-order valence-corrected chi connectivity index (χ1v) is 9.50. The fourth-order valence-electron chi connectivity index (χ4n) is 2.55. The smallest absolute Gasteiger partial charge is 0.302 e. The minimum atomic E-state index is -4.52. The molecule has 2 amide bonds. The van der Waals surface area contributed by atoms with Gasteiger partial charge in [-0.25, -0.2) is 0 Å². The van der Waals surface area contributed by atoms with Gasteiger partial charge in [0.05, 0.1) is 5.56 Å². The lowest BCUT2D eigenvalue weighted by Gasteiger charge is -2.10. The Morgan fingerprint density at radius 3 is 2.50 bits per heavy atom. The van der Waals surface area contributed by atoms with E-state index >= 15 is 0 Å². The van der Waals surface area contributed by atoms with Gasteiger partial charge in [-0.3, -0.25) is 13.8 Å². The van der Waals surface area contributed by atoms with Crippen molar-refractivity contribution in [2.45, 2.75) is 17.8 Å². The summed E-state index contributed by atoms with van der Waals surface area (Å²) >= 11 is 5.74. The fraction of sp³-hybridized carbons (Fsp3) is 0.167. The minimum Gasteiger partial charge on any atom is -0.302 e. The number of halogens is 4. The number of nitrogens with zero attached hydrogens (tertiary/aromatic N) is 1. The van der Waals surface area contributed by atoms with Gasteiger partial charge < -0.3 is 5.32 Å². The SMILES string of the molecule is O=C(N=C1NC(=O)C(Cc2cccc(C(F)(F)F)c2)S1=O)c1ccc(Cl)cc1. The molecule has 5 nitrogen and oxygen atoms in total. The van der Waals surface area contributed by atoms with Gasteiger partial charge in [-0.05, 0) is 42.3 Å². The van der Waals surface area contributed by atoms with E-state index in [0.29, 0.717) is 5.02 Å². The van der Waals surface area contributed by atoms with Crippen LogP contribution in [0.15, 0.2) is 53.5 Å². The van der Waals surface area contributed by atoms with Gasteiger partial charge in [0.25, 0.3) is 5.91 Å². The molecular formula is C18H12ClF3N2O3S. The summed E-state index contributed by atoms with van der Waals surface area (Å²) in [4.78, 5) is 27.9. The molecule has 0 aromatic heterocycles. The van der Waals surface area contributed by atoms with Crippen molar-refractivity contribution in [3.05, 3.63) is 70.2 Å². The highest BCUT2D eigenvalue weighted by Crippen LogP contribution is 2.30. The zero-order valence-corrected chi connectivity index (χ0v) is 15.6. The summed E-state index contributed by atoms with van der Waals surface area (Å²) in [5, 5.41) is 1.24. The molecule has 3 rings (SSSR count). The van der Waals surface area contributed by atoms with Crippen LogP contribution in [-0.2, 0) is 28.2 Å². The maximum atomic E-state index is 12.8. The van der Waals surface area contributed by atoms with Crippen molar-refractivity contribution in [1.29, 1.82) is 0 Å². The number of aliphatic imine (C=N–C) groups is 1. The molecule has 0 spiro atoms. The third kappa shape index (κ3) is 4.48. The highest BCUT2D eigenvalue weighted by Gasteiger charge is 2.38. The Hall–Kier alpha value is -2.52. The lowest BCUT2D eigenvalue weighted by Crippen LogP contribution is -2.26. The third-order valence-corrected chi connectivity index (χ3v) is 5.67. The first-order valence-electron chi connectivity index (χ1n) is 7.91. The highest BCUT2D eigenvalue weighted by atomic mass is 35.5. The molecular weight excluding hydrogens is 417 g/mol. The second-order valence-corrected chi connectivity index (χ2v) is 7.89. The lowest BCUT2D eigenvalue weighted by atomic mass is 10.1. The van der Waals surface area contributed by atoms with Gasteiger partial charge in [-0.15, -0.1) is 0 Å². The van der Waals surface area contributed by atoms with Crippen molar-refractivity contribution in [2.24, 2.45) is 4.99 Å². The molecule has 146 valence electrons. The molecule has 2 aromatic carbocycles. The molecule has 1 aliphatic heterocycles. The molecule has 1 N–H and O–H groups in total. The van der Waals surface area contributed by atoms with Crippen LogP contribution in [0.1, 0.15) is 21.5 Å². The number of amides is 2. The Morgan fingerprint density at radius 2 is 1.86 bits per heavy atom. The maximum Gasteiger partial charge on any atom is 0.416 e. The van der Waals surface area contributed by atoms with Crippen LogP contribution in [0.3, 0.4) is 0 Å². The van der Waals surface area contributed by atoms with Crippen LogP contribution >= 0.6 is 11.6 Å². The van der Waals surface area contributed by atoms with Crippen molar-refractivity contribution in [3.8, 4) is 0 Å². The van der Waals surface area contributed by atoms with Crippen molar-refractivity contribution in [3.63, 3.8) is 0 Å². The van der Waals surface area contributed by atoms with E-state index < -0.39 is 39.6 Å². The molecule has 1 saturated heterocycles. The summed E-state index contributed by atoms with van der Waals surface area (Å²) in [5.41, 5.74) is -0.473. The van der Waals surface area contributed by atoms with Gasteiger partial charge in [-0.2, -0.15) is 18.2 Å². The summed E-state index contributed by atoms with van der Waals surface area (Å²) < 4.78 is 51.0. The Bertz CT molecular complexity index is 990. The zero-order valence-electron chi connectivity index (χ0n) is 14.0. The summed E-state index contributed by atoms with van der Waals surface area (Å²) in [6, 6.07) is 10.3. The van der Waals surface area contributed by atoms with Crippen LogP contribution < -0.4 is 5.32 Å². The van der Waals surface area contributed by atoms with Crippen molar-refractivity contribution >= 4 is 39.4 Å². The largest absolute Gasteiger partial charge is 0.416 e. The van der Waals surface area contributed by atoms with Crippen LogP contribution in [-0.4, -0.2) is 26.4 Å². The second-order valence-electron chi connectivity index (χ2n) is 5.91. The number of alkyl halides is 3. The average Bonchev–Trinajstić information content (AvgIpc) is 2.89. The number of nitrogens with one attached hydrogen (secondary N) is 1. The first-order chi connectivity index (χ1) is 13.1. The van der Waals surface area contributed by atoms with Gasteiger partial charge in [-0.1, -0.05) is 29.8 Å². The summed E-state index contributed by atoms with van der Waals surface area (Å²) in [7, 11) is -1.99. The van der Waals surface area contributed by atoms with Crippen LogP contribution in [0, 0.1) is 0 Å². The zero-order chi connectivity index (χ0) is 20.5. The number of benzene rings is 2. The molecule has 2 atom stereocenters. The standard InChI is InChI=1S/C18H12ClF3N2O3S/c19-13-6-4-11(5-7-13)15(25)23-17-24-16(26)14(28(17)27)9-10-2-1-3-12(8-10)18(20,21)22/h1-8,14H,9H2,(H,23,24,25,26). The van der Waals surface area contributed by atoms with Crippen LogP contribution in [0.5, 0.6) is 0 Å². The van der Waals surface area contributed by atoms with E-state index in [4.69, 9.17) is 11.6 Å². The lowest BCUT2D eigenvalue weighted by molar-refractivity contribution is -0.137. The minimum absolute atomic E-state index is 0.184. The summed E-state index contributed by atoms with van der Waals surface area (Å²) in [5.74, 6) is -1.39. The van der Waals surface area contributed by atoms with Crippen LogP contribution in [0.4, 0.5) is 13.2 Å². The molecule has 28 heavy (non-hydrogen) atoms. The van der Waals surface area contributed by atoms with Gasteiger partial charge >= 0.3 is 6.18 Å². The van der Waals surface area contributed by atoms with Crippen LogP contribution in [0.25, 0.3) is 0 Å². The molecule has 2 aromatic rings. The van der Waals surface area contributed by atoms with Crippen LogP contribution in [0.2, 0.25) is 5.02 Å². The van der Waals surface area contributed by atoms with E-state index in [1.54, 1.807) is 0 Å². The van der Waals surface area contributed by atoms with E-state index in [-0.39, 0.29) is 22.7 Å². The number of hydrogen-bond donors (Lipinski definition) is 1. The Balaban J connectivity index is 1.78. The summed E-state index contributed by atoms with van der Waals surface area (Å²) in [6.07, 6.45) is -4.71. The fourth-order valence-corrected chi connectivity index (χ4v) is 3.91.